The zero-order chi connectivity index (χ0) is 34.9. The standard InChI is InChI=1S/C36H58O11/c1-4-23(2)36-24(3)13-14-25(37)15-26(38)16-27(39)17-28(40)18-29(41)19-30(42)20-31(43)21-32-22-33(44)34(46-32)11-9-7-5-6-8-10-12-35(45)47-36/h5-14,23-34,36-44H,4,15-22H2,1-3H3. The third-order valence-electron chi connectivity index (χ3n) is 8.70. The Balaban J connectivity index is 2.12. The number of cyclic esters (lactones) is 1. The summed E-state index contributed by atoms with van der Waals surface area (Å²) in [4.78, 5) is 12.5. The highest BCUT2D eigenvalue weighted by molar-refractivity contribution is 5.82. The van der Waals surface area contributed by atoms with Crippen LogP contribution in [0.4, 0.5) is 0 Å². The molecule has 2 rings (SSSR count). The van der Waals surface area contributed by atoms with Crippen LogP contribution in [0.5, 0.6) is 0 Å². The molecule has 0 saturated carbocycles. The molecule has 11 heteroatoms. The van der Waals surface area contributed by atoms with Crippen molar-refractivity contribution in [3.63, 3.8) is 0 Å². The molecule has 2 aliphatic rings. The Bertz CT molecular complexity index is 1040. The van der Waals surface area contributed by atoms with Crippen LogP contribution < -0.4 is 0 Å². The third-order valence-corrected chi connectivity index (χ3v) is 8.70. The van der Waals surface area contributed by atoms with Crippen LogP contribution >= 0.6 is 0 Å². The molecule has 13 atom stereocenters. The first kappa shape index (κ1) is 41.0. The number of aliphatic hydroxyl groups excluding tert-OH is 8. The van der Waals surface area contributed by atoms with E-state index < -0.39 is 73.1 Å². The number of carbonyl (C=O) groups excluding carboxylic acids is 1. The molecule has 2 heterocycles. The number of fused-ring (bicyclic) bond motifs is 2. The summed E-state index contributed by atoms with van der Waals surface area (Å²) in [5.41, 5.74) is 0. The Morgan fingerprint density at radius 2 is 1.15 bits per heavy atom. The molecule has 0 spiro atoms. The first-order chi connectivity index (χ1) is 22.3. The molecule has 0 aromatic heterocycles. The molecule has 0 radical (unpaired) electrons. The van der Waals surface area contributed by atoms with E-state index in [0.717, 1.165) is 6.42 Å². The summed E-state index contributed by atoms with van der Waals surface area (Å²) in [7, 11) is 0. The van der Waals surface area contributed by atoms with Crippen LogP contribution in [0.2, 0.25) is 0 Å². The van der Waals surface area contributed by atoms with Gasteiger partial charge in [-0.1, -0.05) is 81.9 Å². The van der Waals surface area contributed by atoms with Gasteiger partial charge in [0, 0.05) is 24.8 Å². The summed E-state index contributed by atoms with van der Waals surface area (Å²) in [6.07, 6.45) is 7.88. The van der Waals surface area contributed by atoms with E-state index in [2.05, 4.69) is 0 Å². The van der Waals surface area contributed by atoms with E-state index in [-0.39, 0.29) is 56.8 Å². The Hall–Kier alpha value is -2.19. The third kappa shape index (κ3) is 16.7. The van der Waals surface area contributed by atoms with Crippen molar-refractivity contribution in [1.82, 2.24) is 0 Å². The molecular weight excluding hydrogens is 608 g/mol. The monoisotopic (exact) mass is 666 g/mol. The average molecular weight is 667 g/mol. The molecule has 0 aliphatic carbocycles. The van der Waals surface area contributed by atoms with Crippen molar-refractivity contribution in [2.75, 3.05) is 0 Å². The lowest BCUT2D eigenvalue weighted by Gasteiger charge is -2.27. The minimum atomic E-state index is -1.10. The predicted octanol–water partition coefficient (Wildman–Crippen LogP) is 2.15. The Morgan fingerprint density at radius 1 is 0.660 bits per heavy atom. The summed E-state index contributed by atoms with van der Waals surface area (Å²) in [5.74, 6) is -0.680. The average Bonchev–Trinajstić information content (AvgIpc) is 3.32. The van der Waals surface area contributed by atoms with Crippen molar-refractivity contribution >= 4 is 5.97 Å². The summed E-state index contributed by atoms with van der Waals surface area (Å²) >= 11 is 0. The summed E-state index contributed by atoms with van der Waals surface area (Å²) in [6, 6.07) is 0. The Morgan fingerprint density at radius 3 is 1.70 bits per heavy atom. The maximum absolute atomic E-state index is 12.5. The molecule has 13 unspecified atom stereocenters. The number of hydrogen-bond donors (Lipinski definition) is 8. The summed E-state index contributed by atoms with van der Waals surface area (Å²) < 4.78 is 11.6. The summed E-state index contributed by atoms with van der Waals surface area (Å²) in [6.45, 7) is 5.86. The highest BCUT2D eigenvalue weighted by atomic mass is 16.5. The van der Waals surface area contributed by atoms with Crippen LogP contribution in [0.15, 0.2) is 60.8 Å². The number of esters is 1. The fourth-order valence-corrected chi connectivity index (χ4v) is 6.03. The number of rotatable bonds is 2. The highest BCUT2D eigenvalue weighted by Gasteiger charge is 2.34. The van der Waals surface area contributed by atoms with E-state index in [9.17, 15) is 45.6 Å². The number of carbonyl (C=O) groups is 1. The highest BCUT2D eigenvalue weighted by Crippen LogP contribution is 2.27. The minimum absolute atomic E-state index is 0.0203. The molecule has 0 aromatic rings. The van der Waals surface area contributed by atoms with Crippen molar-refractivity contribution in [3.8, 4) is 0 Å². The number of aliphatic hydroxyl groups is 8. The van der Waals surface area contributed by atoms with Crippen molar-refractivity contribution < 1.29 is 55.1 Å². The second kappa shape index (κ2) is 21.7. The van der Waals surface area contributed by atoms with E-state index in [1.165, 1.54) is 12.2 Å². The SMILES string of the molecule is CCC(C)C1OC(=O)C=CC=CC=CC=CC2OC(CC(O)CC(O)CC(O)CC(O)CC(O)CC(O)CC(O)C=CC1C)CC2O. The minimum Gasteiger partial charge on any atom is -0.458 e. The van der Waals surface area contributed by atoms with Crippen LogP contribution in [0, 0.1) is 11.8 Å². The molecule has 2 bridgehead atoms. The van der Waals surface area contributed by atoms with Crippen LogP contribution in [0.3, 0.4) is 0 Å². The van der Waals surface area contributed by atoms with Crippen molar-refractivity contribution in [1.29, 1.82) is 0 Å². The lowest BCUT2D eigenvalue weighted by molar-refractivity contribution is -0.147. The molecule has 1 saturated heterocycles. The van der Waals surface area contributed by atoms with Crippen molar-refractivity contribution in [2.24, 2.45) is 11.8 Å². The zero-order valence-corrected chi connectivity index (χ0v) is 27.9. The van der Waals surface area contributed by atoms with E-state index in [1.807, 2.05) is 20.8 Å². The smallest absolute Gasteiger partial charge is 0.331 e. The largest absolute Gasteiger partial charge is 0.458 e. The number of allylic oxidation sites excluding steroid dienone is 6. The second-order valence-electron chi connectivity index (χ2n) is 13.2. The van der Waals surface area contributed by atoms with E-state index in [1.54, 1.807) is 48.6 Å². The summed E-state index contributed by atoms with van der Waals surface area (Å²) in [5, 5.41) is 83.3. The van der Waals surface area contributed by atoms with Crippen LogP contribution in [0.1, 0.15) is 78.6 Å². The van der Waals surface area contributed by atoms with E-state index in [4.69, 9.17) is 9.47 Å². The lowest BCUT2D eigenvalue weighted by atomic mass is 9.90. The lowest BCUT2D eigenvalue weighted by Crippen LogP contribution is -2.30. The van der Waals surface area contributed by atoms with Gasteiger partial charge in [0.25, 0.3) is 0 Å². The van der Waals surface area contributed by atoms with Crippen molar-refractivity contribution in [2.45, 2.75) is 146 Å². The molecule has 47 heavy (non-hydrogen) atoms. The van der Waals surface area contributed by atoms with Crippen molar-refractivity contribution in [3.05, 3.63) is 60.8 Å². The number of hydrogen-bond acceptors (Lipinski definition) is 11. The molecule has 0 aromatic carbocycles. The van der Waals surface area contributed by atoms with Gasteiger partial charge in [0.05, 0.1) is 54.9 Å². The maximum atomic E-state index is 12.5. The van der Waals surface area contributed by atoms with E-state index in [0.29, 0.717) is 6.42 Å². The first-order valence-electron chi connectivity index (χ1n) is 16.9. The molecule has 1 fully saturated rings. The maximum Gasteiger partial charge on any atom is 0.331 e. The topological polar surface area (TPSA) is 197 Å². The van der Waals surface area contributed by atoms with Gasteiger partial charge in [0.2, 0.25) is 0 Å². The first-order valence-corrected chi connectivity index (χ1v) is 16.9. The normalized spacial score (nSPS) is 38.8. The number of ether oxygens (including phenoxy) is 2. The van der Waals surface area contributed by atoms with Gasteiger partial charge in [-0.3, -0.25) is 0 Å². The van der Waals surface area contributed by atoms with Gasteiger partial charge in [0.1, 0.15) is 12.2 Å². The fourth-order valence-electron chi connectivity index (χ4n) is 6.03. The van der Waals surface area contributed by atoms with Gasteiger partial charge in [-0.2, -0.15) is 0 Å². The Kier molecular flexibility index (Phi) is 18.9. The quantitative estimate of drug-likeness (QED) is 0.159. The second-order valence-corrected chi connectivity index (χ2v) is 13.2. The van der Waals surface area contributed by atoms with Crippen LogP contribution in [-0.2, 0) is 14.3 Å². The predicted molar refractivity (Wildman–Crippen MR) is 178 cm³/mol. The molecule has 8 N–H and O–H groups in total. The molecule has 268 valence electrons. The van der Waals surface area contributed by atoms with Gasteiger partial charge in [-0.25, -0.2) is 4.79 Å². The van der Waals surface area contributed by atoms with Crippen LogP contribution in [0.25, 0.3) is 0 Å². The fraction of sp³-hybridized carbons (Fsp3) is 0.694. The van der Waals surface area contributed by atoms with E-state index >= 15 is 0 Å². The van der Waals surface area contributed by atoms with Crippen LogP contribution in [-0.4, -0.2) is 114 Å². The molecule has 2 aliphatic heterocycles. The Labute approximate surface area is 279 Å². The van der Waals surface area contributed by atoms with Gasteiger partial charge >= 0.3 is 5.97 Å². The zero-order valence-electron chi connectivity index (χ0n) is 27.9. The molecule has 11 nitrogen and oxygen atoms in total. The van der Waals surface area contributed by atoms with Gasteiger partial charge in [0.15, 0.2) is 0 Å². The van der Waals surface area contributed by atoms with Gasteiger partial charge < -0.3 is 50.3 Å². The van der Waals surface area contributed by atoms with Gasteiger partial charge in [-0.05, 0) is 44.4 Å². The molecule has 0 amide bonds. The molecular formula is C36H58O11. The van der Waals surface area contributed by atoms with Gasteiger partial charge in [-0.15, -0.1) is 0 Å².